The van der Waals surface area contributed by atoms with Crippen LogP contribution in [0, 0.1) is 0 Å². The third-order valence-corrected chi connectivity index (χ3v) is 7.20. The Kier molecular flexibility index (Phi) is 4.42. The van der Waals surface area contributed by atoms with Crippen molar-refractivity contribution in [3.63, 3.8) is 0 Å². The Morgan fingerprint density at radius 2 is 1.79 bits per heavy atom. The van der Waals surface area contributed by atoms with E-state index in [0.29, 0.717) is 41.1 Å². The van der Waals surface area contributed by atoms with Crippen molar-refractivity contribution in [3.8, 4) is 23.0 Å². The van der Waals surface area contributed by atoms with Crippen molar-refractivity contribution < 1.29 is 12.9 Å². The second-order valence-electron chi connectivity index (χ2n) is 6.97. The maximum atomic E-state index is 12.6. The second-order valence-corrected chi connectivity index (χ2v) is 9.35. The summed E-state index contributed by atoms with van der Waals surface area (Å²) in [5, 5.41) is 5.63. The molecule has 1 aliphatic heterocycles. The number of sulfonamides is 1. The van der Waals surface area contributed by atoms with E-state index in [-0.39, 0.29) is 4.90 Å². The van der Waals surface area contributed by atoms with Gasteiger partial charge in [-0.1, -0.05) is 16.8 Å². The van der Waals surface area contributed by atoms with E-state index in [9.17, 15) is 8.42 Å². The van der Waals surface area contributed by atoms with Crippen molar-refractivity contribution in [2.75, 3.05) is 13.1 Å². The van der Waals surface area contributed by atoms with Crippen molar-refractivity contribution in [1.82, 2.24) is 19.4 Å². The first-order chi connectivity index (χ1) is 14.0. The SMILES string of the molecule is O=S(=O)(c1ccc(-c2noc(-c3cc4cc(Cl)ccc4[nH]3)n2)cc1)N1CCCC1. The van der Waals surface area contributed by atoms with Crippen molar-refractivity contribution in [2.24, 2.45) is 0 Å². The highest BCUT2D eigenvalue weighted by atomic mass is 35.5. The molecular weight excluding hydrogens is 412 g/mol. The highest BCUT2D eigenvalue weighted by Crippen LogP contribution is 2.28. The number of hydrogen-bond acceptors (Lipinski definition) is 5. The van der Waals surface area contributed by atoms with Crippen molar-refractivity contribution in [3.05, 3.63) is 53.6 Å². The van der Waals surface area contributed by atoms with Crippen LogP contribution in [0.15, 0.2) is 57.9 Å². The number of benzene rings is 2. The van der Waals surface area contributed by atoms with Crippen LogP contribution < -0.4 is 0 Å². The number of fused-ring (bicyclic) bond motifs is 1. The average Bonchev–Trinajstić information content (AvgIpc) is 3.47. The van der Waals surface area contributed by atoms with E-state index in [1.54, 1.807) is 30.3 Å². The molecule has 1 fully saturated rings. The molecule has 5 rings (SSSR count). The first-order valence-corrected chi connectivity index (χ1v) is 11.1. The van der Waals surface area contributed by atoms with E-state index < -0.39 is 10.0 Å². The van der Waals surface area contributed by atoms with Crippen molar-refractivity contribution in [1.29, 1.82) is 0 Å². The average molecular weight is 429 g/mol. The number of rotatable bonds is 4. The molecule has 7 nitrogen and oxygen atoms in total. The summed E-state index contributed by atoms with van der Waals surface area (Å²) in [6.07, 6.45) is 1.81. The lowest BCUT2D eigenvalue weighted by atomic mass is 10.2. The number of hydrogen-bond donors (Lipinski definition) is 1. The van der Waals surface area contributed by atoms with Gasteiger partial charge in [-0.3, -0.25) is 0 Å². The van der Waals surface area contributed by atoms with Gasteiger partial charge in [-0.25, -0.2) is 8.42 Å². The Labute approximate surface area is 172 Å². The summed E-state index contributed by atoms with van der Waals surface area (Å²) in [6.45, 7) is 1.15. The van der Waals surface area contributed by atoms with Crippen LogP contribution >= 0.6 is 11.6 Å². The number of aromatic amines is 1. The minimum atomic E-state index is -3.44. The molecule has 1 saturated heterocycles. The Bertz CT molecular complexity index is 1290. The molecule has 0 unspecified atom stereocenters. The topological polar surface area (TPSA) is 92.1 Å². The Morgan fingerprint density at radius 3 is 2.55 bits per heavy atom. The van der Waals surface area contributed by atoms with Crippen LogP contribution in [0.2, 0.25) is 5.02 Å². The number of H-pyrrole nitrogens is 1. The Balaban J connectivity index is 1.42. The molecule has 0 atom stereocenters. The Morgan fingerprint density at radius 1 is 1.03 bits per heavy atom. The number of halogens is 1. The monoisotopic (exact) mass is 428 g/mol. The summed E-state index contributed by atoms with van der Waals surface area (Å²) < 4.78 is 32.2. The standard InChI is InChI=1S/C20H17ClN4O3S/c21-15-5-8-17-14(11-15)12-18(22-17)20-23-19(24-28-20)13-3-6-16(7-4-13)29(26,27)25-9-1-2-10-25/h3-8,11-12,22H,1-2,9-10H2. The zero-order valence-corrected chi connectivity index (χ0v) is 16.9. The van der Waals surface area contributed by atoms with Gasteiger partial charge < -0.3 is 9.51 Å². The summed E-state index contributed by atoms with van der Waals surface area (Å²) in [7, 11) is -3.44. The zero-order valence-electron chi connectivity index (χ0n) is 15.3. The van der Waals surface area contributed by atoms with Crippen molar-refractivity contribution in [2.45, 2.75) is 17.7 Å². The fraction of sp³-hybridized carbons (Fsp3) is 0.200. The molecule has 148 valence electrons. The fourth-order valence-electron chi connectivity index (χ4n) is 3.52. The second kappa shape index (κ2) is 6.98. The van der Waals surface area contributed by atoms with Crippen molar-refractivity contribution >= 4 is 32.5 Å². The molecule has 1 aliphatic rings. The molecule has 0 spiro atoms. The molecule has 4 aromatic rings. The molecule has 2 aromatic heterocycles. The van der Waals surface area contributed by atoms with Crippen LogP contribution in [0.1, 0.15) is 12.8 Å². The minimum Gasteiger partial charge on any atom is -0.351 e. The lowest BCUT2D eigenvalue weighted by Gasteiger charge is -2.15. The largest absolute Gasteiger partial charge is 0.351 e. The highest BCUT2D eigenvalue weighted by molar-refractivity contribution is 7.89. The van der Waals surface area contributed by atoms with Crippen LogP contribution in [0.4, 0.5) is 0 Å². The predicted octanol–water partition coefficient (Wildman–Crippen LogP) is 4.32. The first-order valence-electron chi connectivity index (χ1n) is 9.24. The normalized spacial score (nSPS) is 15.3. The van der Waals surface area contributed by atoms with Crippen LogP contribution in [-0.2, 0) is 10.0 Å². The van der Waals surface area contributed by atoms with Gasteiger partial charge in [0.25, 0.3) is 5.89 Å². The van der Waals surface area contributed by atoms with Crippen LogP contribution in [-0.4, -0.2) is 40.9 Å². The molecule has 1 N–H and O–H groups in total. The molecule has 29 heavy (non-hydrogen) atoms. The molecular formula is C20H17ClN4O3S. The molecule has 3 heterocycles. The van der Waals surface area contributed by atoms with Crippen LogP contribution in [0.25, 0.3) is 33.9 Å². The summed E-state index contributed by atoms with van der Waals surface area (Å²) in [4.78, 5) is 7.94. The van der Waals surface area contributed by atoms with Gasteiger partial charge in [0.05, 0.1) is 4.90 Å². The third kappa shape index (κ3) is 3.33. The van der Waals surface area contributed by atoms with Gasteiger partial charge in [-0.2, -0.15) is 9.29 Å². The lowest BCUT2D eigenvalue weighted by Crippen LogP contribution is -2.27. The van der Waals surface area contributed by atoms with Gasteiger partial charge >= 0.3 is 0 Å². The first kappa shape index (κ1) is 18.4. The predicted molar refractivity (Wildman–Crippen MR) is 110 cm³/mol. The summed E-state index contributed by atoms with van der Waals surface area (Å²) in [5.74, 6) is 0.739. The van der Waals surface area contributed by atoms with E-state index >= 15 is 0 Å². The lowest BCUT2D eigenvalue weighted by molar-refractivity contribution is 0.431. The number of aromatic nitrogens is 3. The van der Waals surface area contributed by atoms with Crippen LogP contribution in [0.3, 0.4) is 0 Å². The molecule has 0 radical (unpaired) electrons. The van der Waals surface area contributed by atoms with E-state index in [1.807, 2.05) is 18.2 Å². The molecule has 0 aliphatic carbocycles. The van der Waals surface area contributed by atoms with E-state index in [0.717, 1.165) is 23.7 Å². The van der Waals surface area contributed by atoms with Gasteiger partial charge in [-0.15, -0.1) is 0 Å². The van der Waals surface area contributed by atoms with Gasteiger partial charge in [0.15, 0.2) is 0 Å². The Hall–Kier alpha value is -2.68. The molecule has 0 bridgehead atoms. The summed E-state index contributed by atoms with van der Waals surface area (Å²) in [5.41, 5.74) is 2.29. The maximum Gasteiger partial charge on any atom is 0.274 e. The van der Waals surface area contributed by atoms with E-state index in [2.05, 4.69) is 15.1 Å². The summed E-state index contributed by atoms with van der Waals surface area (Å²) in [6, 6.07) is 14.0. The van der Waals surface area contributed by atoms with Gasteiger partial charge in [0, 0.05) is 34.6 Å². The fourth-order valence-corrected chi connectivity index (χ4v) is 5.22. The maximum absolute atomic E-state index is 12.6. The number of nitrogens with zero attached hydrogens (tertiary/aromatic N) is 3. The highest BCUT2D eigenvalue weighted by Gasteiger charge is 2.27. The number of nitrogens with one attached hydrogen (secondary N) is 1. The van der Waals surface area contributed by atoms with Crippen LogP contribution in [0.5, 0.6) is 0 Å². The van der Waals surface area contributed by atoms with Gasteiger partial charge in [-0.05, 0) is 61.4 Å². The molecule has 9 heteroatoms. The molecule has 0 saturated carbocycles. The molecule has 0 amide bonds. The quantitative estimate of drug-likeness (QED) is 0.522. The smallest absolute Gasteiger partial charge is 0.274 e. The van der Waals surface area contributed by atoms with Gasteiger partial charge in [0.2, 0.25) is 15.8 Å². The van der Waals surface area contributed by atoms with E-state index in [1.165, 1.54) is 4.31 Å². The van der Waals surface area contributed by atoms with Gasteiger partial charge in [0.1, 0.15) is 5.69 Å². The van der Waals surface area contributed by atoms with E-state index in [4.69, 9.17) is 16.1 Å². The minimum absolute atomic E-state index is 0.277. The zero-order chi connectivity index (χ0) is 20.0. The summed E-state index contributed by atoms with van der Waals surface area (Å²) >= 11 is 6.03. The molecule has 2 aromatic carbocycles. The third-order valence-electron chi connectivity index (χ3n) is 5.05.